The second kappa shape index (κ2) is 6.68. The van der Waals surface area contributed by atoms with Crippen molar-refractivity contribution < 1.29 is 4.79 Å². The van der Waals surface area contributed by atoms with Gasteiger partial charge in [-0.15, -0.1) is 11.3 Å². The van der Waals surface area contributed by atoms with E-state index in [0.29, 0.717) is 11.8 Å². The lowest BCUT2D eigenvalue weighted by Crippen LogP contribution is -2.48. The number of anilines is 1. The number of rotatable bonds is 5. The molecule has 6 heteroatoms. The van der Waals surface area contributed by atoms with Crippen LogP contribution in [0.25, 0.3) is 0 Å². The summed E-state index contributed by atoms with van der Waals surface area (Å²) in [5.41, 5.74) is 4.91. The van der Waals surface area contributed by atoms with Gasteiger partial charge in [-0.25, -0.2) is 4.98 Å². The number of hydrogen-bond acceptors (Lipinski definition) is 4. The van der Waals surface area contributed by atoms with Crippen LogP contribution in [0.4, 0.5) is 5.13 Å². The Morgan fingerprint density at radius 1 is 1.21 bits per heavy atom. The second-order valence-corrected chi connectivity index (χ2v) is 10.4. The van der Waals surface area contributed by atoms with Crippen LogP contribution in [0.2, 0.25) is 0 Å². The van der Waals surface area contributed by atoms with E-state index in [4.69, 9.17) is 4.98 Å². The summed E-state index contributed by atoms with van der Waals surface area (Å²) in [5.74, 6) is 2.79. The van der Waals surface area contributed by atoms with Crippen molar-refractivity contribution >= 4 is 22.4 Å². The van der Waals surface area contributed by atoms with Crippen molar-refractivity contribution in [1.82, 2.24) is 14.8 Å². The lowest BCUT2D eigenvalue weighted by Gasteiger charge is -2.56. The van der Waals surface area contributed by atoms with Crippen LogP contribution in [-0.4, -0.2) is 20.7 Å². The van der Waals surface area contributed by atoms with Gasteiger partial charge in [0.1, 0.15) is 0 Å². The lowest BCUT2D eigenvalue weighted by molar-refractivity contribution is -0.116. The van der Waals surface area contributed by atoms with Gasteiger partial charge in [-0.3, -0.25) is 9.48 Å². The number of aryl methyl sites for hydroxylation is 2. The van der Waals surface area contributed by atoms with E-state index in [9.17, 15) is 4.79 Å². The highest BCUT2D eigenvalue weighted by molar-refractivity contribution is 7.13. The van der Waals surface area contributed by atoms with Crippen LogP contribution in [0, 0.1) is 31.6 Å². The predicted molar refractivity (Wildman–Crippen MR) is 112 cm³/mol. The first-order valence-electron chi connectivity index (χ1n) is 10.7. The number of thiazole rings is 1. The van der Waals surface area contributed by atoms with Gasteiger partial charge < -0.3 is 5.32 Å². The Balaban J connectivity index is 1.24. The first-order valence-corrected chi connectivity index (χ1v) is 11.5. The summed E-state index contributed by atoms with van der Waals surface area (Å²) in [5, 5.41) is 10.5. The van der Waals surface area contributed by atoms with Gasteiger partial charge in [0, 0.05) is 30.0 Å². The molecule has 4 saturated carbocycles. The number of carbonyl (C=O) groups is 1. The van der Waals surface area contributed by atoms with E-state index in [-0.39, 0.29) is 5.91 Å². The zero-order valence-electron chi connectivity index (χ0n) is 17.1. The van der Waals surface area contributed by atoms with Gasteiger partial charge in [-0.1, -0.05) is 0 Å². The largest absolute Gasteiger partial charge is 0.302 e. The Bertz CT molecular complexity index is 876. The van der Waals surface area contributed by atoms with Gasteiger partial charge in [0.05, 0.1) is 11.4 Å². The van der Waals surface area contributed by atoms with Gasteiger partial charge in [-0.05, 0) is 82.1 Å². The SMILES string of the molecule is Cc1nn(C)c(C)c1CCC(=O)Nc1nc(C23CC4CC(CC(C4)C2)C3)cs1. The first-order chi connectivity index (χ1) is 13.4. The molecule has 2 aromatic heterocycles. The molecule has 5 nitrogen and oxygen atoms in total. The van der Waals surface area contributed by atoms with E-state index in [1.807, 2.05) is 18.7 Å². The molecule has 1 amide bonds. The van der Waals surface area contributed by atoms with Crippen LogP contribution < -0.4 is 5.32 Å². The third kappa shape index (κ3) is 3.10. The molecule has 0 radical (unpaired) electrons. The minimum absolute atomic E-state index is 0.0501. The fourth-order valence-corrected chi connectivity index (χ4v) is 7.45. The third-order valence-corrected chi connectivity index (χ3v) is 8.35. The van der Waals surface area contributed by atoms with Crippen molar-refractivity contribution in [2.24, 2.45) is 24.8 Å². The highest BCUT2D eigenvalue weighted by Gasteiger charge is 2.52. The molecular formula is C22H30N4OS. The monoisotopic (exact) mass is 398 g/mol. The maximum absolute atomic E-state index is 12.5. The van der Waals surface area contributed by atoms with Crippen LogP contribution in [0.3, 0.4) is 0 Å². The van der Waals surface area contributed by atoms with Crippen molar-refractivity contribution in [2.45, 2.75) is 70.6 Å². The average Bonchev–Trinajstić information content (AvgIpc) is 3.18. The minimum atomic E-state index is 0.0501. The quantitative estimate of drug-likeness (QED) is 0.805. The smallest absolute Gasteiger partial charge is 0.226 e. The number of nitrogens with zero attached hydrogens (tertiary/aromatic N) is 3. The van der Waals surface area contributed by atoms with Crippen molar-refractivity contribution in [3.63, 3.8) is 0 Å². The molecule has 150 valence electrons. The second-order valence-electron chi connectivity index (χ2n) is 9.56. The Kier molecular flexibility index (Phi) is 4.38. The van der Waals surface area contributed by atoms with Crippen molar-refractivity contribution in [3.8, 4) is 0 Å². The fraction of sp³-hybridized carbons (Fsp3) is 0.682. The summed E-state index contributed by atoms with van der Waals surface area (Å²) in [6.07, 6.45) is 9.48. The Morgan fingerprint density at radius 3 is 2.43 bits per heavy atom. The van der Waals surface area contributed by atoms with E-state index in [1.165, 1.54) is 49.8 Å². The Morgan fingerprint density at radius 2 is 1.86 bits per heavy atom. The van der Waals surface area contributed by atoms with Crippen LogP contribution >= 0.6 is 11.3 Å². The van der Waals surface area contributed by atoms with Gasteiger partial charge in [0.25, 0.3) is 0 Å². The molecular weight excluding hydrogens is 368 g/mol. The summed E-state index contributed by atoms with van der Waals surface area (Å²) >= 11 is 1.60. The first kappa shape index (κ1) is 18.3. The van der Waals surface area contributed by atoms with Crippen molar-refractivity contribution in [2.75, 3.05) is 5.32 Å². The van der Waals surface area contributed by atoms with Crippen LogP contribution in [-0.2, 0) is 23.7 Å². The van der Waals surface area contributed by atoms with E-state index in [1.54, 1.807) is 11.3 Å². The Hall–Kier alpha value is -1.69. The van der Waals surface area contributed by atoms with Gasteiger partial charge in [-0.2, -0.15) is 5.10 Å². The Labute approximate surface area is 170 Å². The molecule has 0 saturated heterocycles. The standard InChI is InChI=1S/C22H30N4OS/c1-13-18(14(2)26(3)25-13)4-5-20(27)24-21-23-19(12-28-21)22-9-15-6-16(10-22)8-17(7-15)11-22/h12,15-17H,4-11H2,1-3H3,(H,23,24,27). The van der Waals surface area contributed by atoms with E-state index < -0.39 is 0 Å². The molecule has 1 N–H and O–H groups in total. The van der Waals surface area contributed by atoms with Crippen molar-refractivity contribution in [3.05, 3.63) is 28.0 Å². The zero-order chi connectivity index (χ0) is 19.5. The minimum Gasteiger partial charge on any atom is -0.302 e. The molecule has 4 bridgehead atoms. The summed E-state index contributed by atoms with van der Waals surface area (Å²) in [6, 6.07) is 0. The number of amides is 1. The van der Waals surface area contributed by atoms with Crippen LogP contribution in [0.5, 0.6) is 0 Å². The highest BCUT2D eigenvalue weighted by Crippen LogP contribution is 2.60. The lowest BCUT2D eigenvalue weighted by atomic mass is 9.49. The molecule has 0 atom stereocenters. The summed E-state index contributed by atoms with van der Waals surface area (Å²) < 4.78 is 1.89. The summed E-state index contributed by atoms with van der Waals surface area (Å²) in [4.78, 5) is 17.4. The molecule has 28 heavy (non-hydrogen) atoms. The molecule has 6 rings (SSSR count). The number of nitrogens with one attached hydrogen (secondary N) is 1. The molecule has 0 spiro atoms. The molecule has 4 fully saturated rings. The topological polar surface area (TPSA) is 59.8 Å². The molecule has 2 aromatic rings. The van der Waals surface area contributed by atoms with Crippen LogP contribution in [0.1, 0.15) is 67.6 Å². The van der Waals surface area contributed by atoms with Gasteiger partial charge in [0.2, 0.25) is 5.91 Å². The molecule has 0 aliphatic heterocycles. The number of aromatic nitrogens is 3. The molecule has 0 aromatic carbocycles. The van der Waals surface area contributed by atoms with E-state index >= 15 is 0 Å². The maximum Gasteiger partial charge on any atom is 0.226 e. The summed E-state index contributed by atoms with van der Waals surface area (Å²) in [6.45, 7) is 4.07. The normalized spacial score (nSPS) is 30.8. The molecule has 2 heterocycles. The fourth-order valence-electron chi connectivity index (χ4n) is 6.60. The third-order valence-electron chi connectivity index (χ3n) is 7.59. The molecule has 4 aliphatic rings. The van der Waals surface area contributed by atoms with E-state index in [2.05, 4.69) is 22.7 Å². The summed E-state index contributed by atoms with van der Waals surface area (Å²) in [7, 11) is 1.95. The molecule has 0 unspecified atom stereocenters. The van der Waals surface area contributed by atoms with Crippen LogP contribution in [0.15, 0.2) is 5.38 Å². The highest BCUT2D eigenvalue weighted by atomic mass is 32.1. The number of carbonyl (C=O) groups excluding carboxylic acids is 1. The van der Waals surface area contributed by atoms with E-state index in [0.717, 1.165) is 40.7 Å². The van der Waals surface area contributed by atoms with Crippen molar-refractivity contribution in [1.29, 1.82) is 0 Å². The zero-order valence-corrected chi connectivity index (χ0v) is 17.9. The van der Waals surface area contributed by atoms with Gasteiger partial charge in [0.15, 0.2) is 5.13 Å². The predicted octanol–water partition coefficient (Wildman–Crippen LogP) is 4.53. The number of hydrogen-bond donors (Lipinski definition) is 1. The molecule has 4 aliphatic carbocycles. The average molecular weight is 399 g/mol. The maximum atomic E-state index is 12.5. The van der Waals surface area contributed by atoms with Gasteiger partial charge >= 0.3 is 0 Å².